The third kappa shape index (κ3) is 7.29. The van der Waals surface area contributed by atoms with Gasteiger partial charge in [-0.25, -0.2) is 4.99 Å². The monoisotopic (exact) mass is 376 g/mol. The number of methoxy groups -OCH3 is 1. The largest absolute Gasteiger partial charge is 0.493 e. The zero-order valence-electron chi connectivity index (χ0n) is 17.2. The average molecular weight is 377 g/mol. The number of hydrogen-bond donors (Lipinski definition) is 2. The first-order valence-electron chi connectivity index (χ1n) is 10.2. The van der Waals surface area contributed by atoms with Gasteiger partial charge in [0.15, 0.2) is 17.5 Å². The Balaban J connectivity index is 1.87. The van der Waals surface area contributed by atoms with E-state index in [4.69, 9.17) is 15.2 Å². The molecule has 0 heterocycles. The number of ether oxygens (including phenoxy) is 2. The first-order chi connectivity index (χ1) is 13.2. The smallest absolute Gasteiger partial charge is 0.189 e. The number of benzene rings is 1. The Morgan fingerprint density at radius 1 is 1.19 bits per heavy atom. The van der Waals surface area contributed by atoms with E-state index in [1.54, 1.807) is 7.11 Å². The second-order valence-corrected chi connectivity index (χ2v) is 7.04. The maximum Gasteiger partial charge on any atom is 0.189 e. The van der Waals surface area contributed by atoms with E-state index in [0.29, 0.717) is 25.2 Å². The first-order valence-corrected chi connectivity index (χ1v) is 10.2. The molecular weight excluding hydrogens is 340 g/mol. The minimum Gasteiger partial charge on any atom is -0.493 e. The van der Waals surface area contributed by atoms with Gasteiger partial charge < -0.3 is 25.4 Å². The summed E-state index contributed by atoms with van der Waals surface area (Å²) < 4.78 is 11.4. The molecule has 0 unspecified atom stereocenters. The molecule has 3 N–H and O–H groups in total. The number of nitrogens with zero attached hydrogens (tertiary/aromatic N) is 2. The summed E-state index contributed by atoms with van der Waals surface area (Å²) in [6, 6.07) is 6.42. The molecule has 0 saturated heterocycles. The Bertz CT molecular complexity index is 582. The molecule has 1 aliphatic carbocycles. The van der Waals surface area contributed by atoms with Crippen molar-refractivity contribution in [2.75, 3.05) is 33.4 Å². The van der Waals surface area contributed by atoms with E-state index < -0.39 is 0 Å². The van der Waals surface area contributed by atoms with Crippen LogP contribution in [0.1, 0.15) is 51.5 Å². The van der Waals surface area contributed by atoms with Crippen LogP contribution in [0, 0.1) is 0 Å². The molecule has 152 valence electrons. The van der Waals surface area contributed by atoms with Gasteiger partial charge in [-0.3, -0.25) is 0 Å². The summed E-state index contributed by atoms with van der Waals surface area (Å²) in [5.74, 6) is 2.03. The maximum absolute atomic E-state index is 6.05. The molecule has 1 saturated carbocycles. The number of hydrogen-bond acceptors (Lipinski definition) is 4. The summed E-state index contributed by atoms with van der Waals surface area (Å²) >= 11 is 0. The molecule has 0 radical (unpaired) electrons. The van der Waals surface area contributed by atoms with Gasteiger partial charge in [-0.05, 0) is 43.6 Å². The third-order valence-corrected chi connectivity index (χ3v) is 5.18. The lowest BCUT2D eigenvalue weighted by Crippen LogP contribution is -2.41. The zero-order valence-corrected chi connectivity index (χ0v) is 17.2. The molecular formula is C21H36N4O2. The van der Waals surface area contributed by atoms with Crippen LogP contribution < -0.4 is 20.5 Å². The van der Waals surface area contributed by atoms with Crippen molar-refractivity contribution in [2.45, 2.75) is 58.5 Å². The molecule has 0 aromatic heterocycles. The second kappa shape index (κ2) is 11.7. The van der Waals surface area contributed by atoms with Gasteiger partial charge in [-0.2, -0.15) is 0 Å². The topological polar surface area (TPSA) is 72.1 Å². The quantitative estimate of drug-likeness (QED) is 0.485. The van der Waals surface area contributed by atoms with Crippen LogP contribution in [0.3, 0.4) is 0 Å². The summed E-state index contributed by atoms with van der Waals surface area (Å²) in [7, 11) is 1.67. The van der Waals surface area contributed by atoms with Crippen molar-refractivity contribution in [3.8, 4) is 11.5 Å². The van der Waals surface area contributed by atoms with Gasteiger partial charge in [-0.15, -0.1) is 0 Å². The van der Waals surface area contributed by atoms with Crippen LogP contribution in [0.5, 0.6) is 11.5 Å². The Morgan fingerprint density at radius 3 is 2.59 bits per heavy atom. The minimum absolute atomic E-state index is 0.471. The number of nitrogens with one attached hydrogen (secondary N) is 1. The normalized spacial score (nSPS) is 15.8. The fourth-order valence-corrected chi connectivity index (χ4v) is 3.43. The molecule has 2 rings (SSSR count). The van der Waals surface area contributed by atoms with Crippen LogP contribution in [0.4, 0.5) is 0 Å². The van der Waals surface area contributed by atoms with Gasteiger partial charge in [-0.1, -0.05) is 39.2 Å². The predicted molar refractivity (Wildman–Crippen MR) is 112 cm³/mol. The SMILES string of the molecule is CCN(CC)CCOc1ccc(CN=C(N)NC2CCCCC2)cc1OC. The lowest BCUT2D eigenvalue weighted by Gasteiger charge is -2.23. The molecule has 0 bridgehead atoms. The van der Waals surface area contributed by atoms with Gasteiger partial charge in [0, 0.05) is 12.6 Å². The maximum atomic E-state index is 6.05. The molecule has 6 nitrogen and oxygen atoms in total. The van der Waals surface area contributed by atoms with Gasteiger partial charge >= 0.3 is 0 Å². The number of likely N-dealkylation sites (N-methyl/N-ethyl adjacent to an activating group) is 1. The number of guanidine groups is 1. The molecule has 1 fully saturated rings. The van der Waals surface area contributed by atoms with Crippen molar-refractivity contribution in [3.05, 3.63) is 23.8 Å². The Labute approximate surface area is 164 Å². The lowest BCUT2D eigenvalue weighted by molar-refractivity contribution is 0.217. The van der Waals surface area contributed by atoms with Crippen LogP contribution in [-0.2, 0) is 6.54 Å². The molecule has 0 spiro atoms. The van der Waals surface area contributed by atoms with E-state index >= 15 is 0 Å². The summed E-state index contributed by atoms with van der Waals surface area (Å²) in [5, 5.41) is 3.35. The number of nitrogens with two attached hydrogens (primary N) is 1. The number of rotatable bonds is 10. The highest BCUT2D eigenvalue weighted by molar-refractivity contribution is 5.78. The fourth-order valence-electron chi connectivity index (χ4n) is 3.43. The molecule has 1 aromatic rings. The standard InChI is InChI=1S/C21H36N4O2/c1-4-25(5-2)13-14-27-19-12-11-17(15-20(19)26-3)16-23-21(22)24-18-9-7-6-8-10-18/h11-12,15,18H,4-10,13-14,16H2,1-3H3,(H3,22,23,24). The van der Waals surface area contributed by atoms with Crippen LogP contribution in [0.15, 0.2) is 23.2 Å². The lowest BCUT2D eigenvalue weighted by atomic mass is 9.96. The Morgan fingerprint density at radius 2 is 1.93 bits per heavy atom. The molecule has 27 heavy (non-hydrogen) atoms. The average Bonchev–Trinajstić information content (AvgIpc) is 2.71. The molecule has 0 amide bonds. The third-order valence-electron chi connectivity index (χ3n) is 5.18. The Hall–Kier alpha value is -1.95. The molecule has 1 aliphatic rings. The van der Waals surface area contributed by atoms with Gasteiger partial charge in [0.1, 0.15) is 6.61 Å². The fraction of sp³-hybridized carbons (Fsp3) is 0.667. The highest BCUT2D eigenvalue weighted by Crippen LogP contribution is 2.28. The summed E-state index contributed by atoms with van der Waals surface area (Å²) in [6.45, 7) is 8.47. The van der Waals surface area contributed by atoms with Crippen molar-refractivity contribution < 1.29 is 9.47 Å². The highest BCUT2D eigenvalue weighted by atomic mass is 16.5. The van der Waals surface area contributed by atoms with Crippen molar-refractivity contribution in [1.82, 2.24) is 10.2 Å². The number of aliphatic imine (C=N–C) groups is 1. The molecule has 6 heteroatoms. The van der Waals surface area contributed by atoms with E-state index in [2.05, 4.69) is 29.1 Å². The van der Waals surface area contributed by atoms with Gasteiger partial charge in [0.2, 0.25) is 0 Å². The van der Waals surface area contributed by atoms with E-state index in [-0.39, 0.29) is 0 Å². The molecule has 0 aliphatic heterocycles. The van der Waals surface area contributed by atoms with Crippen LogP contribution >= 0.6 is 0 Å². The summed E-state index contributed by atoms with van der Waals surface area (Å²) in [5.41, 5.74) is 7.10. The zero-order chi connectivity index (χ0) is 19.5. The predicted octanol–water partition coefficient (Wildman–Crippen LogP) is 3.15. The first kappa shape index (κ1) is 21.4. The van der Waals surface area contributed by atoms with E-state index in [9.17, 15) is 0 Å². The van der Waals surface area contributed by atoms with E-state index in [1.807, 2.05) is 18.2 Å². The summed E-state index contributed by atoms with van der Waals surface area (Å²) in [6.07, 6.45) is 6.25. The van der Waals surface area contributed by atoms with Gasteiger partial charge in [0.25, 0.3) is 0 Å². The summed E-state index contributed by atoms with van der Waals surface area (Å²) in [4.78, 5) is 6.81. The van der Waals surface area contributed by atoms with Crippen molar-refractivity contribution in [2.24, 2.45) is 10.7 Å². The highest BCUT2D eigenvalue weighted by Gasteiger charge is 2.13. The van der Waals surface area contributed by atoms with Crippen molar-refractivity contribution >= 4 is 5.96 Å². The minimum atomic E-state index is 0.471. The Kier molecular flexibility index (Phi) is 9.25. The van der Waals surface area contributed by atoms with Gasteiger partial charge in [0.05, 0.1) is 13.7 Å². The van der Waals surface area contributed by atoms with E-state index in [1.165, 1.54) is 32.1 Å². The van der Waals surface area contributed by atoms with Crippen molar-refractivity contribution in [3.63, 3.8) is 0 Å². The molecule has 1 aromatic carbocycles. The molecule has 0 atom stereocenters. The van der Waals surface area contributed by atoms with E-state index in [0.717, 1.165) is 36.7 Å². The van der Waals surface area contributed by atoms with Crippen LogP contribution in [0.25, 0.3) is 0 Å². The second-order valence-electron chi connectivity index (χ2n) is 7.04. The van der Waals surface area contributed by atoms with Crippen LogP contribution in [-0.4, -0.2) is 50.3 Å². The van der Waals surface area contributed by atoms with Crippen molar-refractivity contribution in [1.29, 1.82) is 0 Å². The van der Waals surface area contributed by atoms with Crippen LogP contribution in [0.2, 0.25) is 0 Å².